The van der Waals surface area contributed by atoms with E-state index in [2.05, 4.69) is 0 Å². The van der Waals surface area contributed by atoms with Crippen molar-refractivity contribution in [1.29, 1.82) is 0 Å². The van der Waals surface area contributed by atoms with E-state index in [-0.39, 0.29) is 17.1 Å². The van der Waals surface area contributed by atoms with Gasteiger partial charge in [-0.2, -0.15) is 8.42 Å². The summed E-state index contributed by atoms with van der Waals surface area (Å²) in [4.78, 5) is 11.5. The van der Waals surface area contributed by atoms with E-state index in [1.165, 1.54) is 0 Å². The molecule has 112 valence electrons. The first-order valence-corrected chi connectivity index (χ1v) is 8.10. The molecular formula is C16H12O5S. The van der Waals surface area contributed by atoms with Crippen LogP contribution in [-0.2, 0) is 15.9 Å². The van der Waals surface area contributed by atoms with Crippen LogP contribution in [0.4, 0.5) is 0 Å². The highest BCUT2D eigenvalue weighted by Gasteiger charge is 2.17. The Morgan fingerprint density at radius 3 is 2.41 bits per heavy atom. The third-order valence-electron chi connectivity index (χ3n) is 3.02. The Hall–Kier alpha value is -2.60. The molecule has 3 aromatic rings. The molecule has 0 aliphatic rings. The number of hydrogen-bond acceptors (Lipinski definition) is 5. The fourth-order valence-corrected chi connectivity index (χ4v) is 3.17. The van der Waals surface area contributed by atoms with E-state index in [0.717, 1.165) is 6.07 Å². The fraction of sp³-hybridized carbons (Fsp3) is 0.0625. The van der Waals surface area contributed by atoms with Crippen LogP contribution in [0, 0.1) is 0 Å². The summed E-state index contributed by atoms with van der Waals surface area (Å²) in [5.74, 6) is -0.301. The molecule has 6 heteroatoms. The number of para-hydroxylation sites is 1. The molecule has 0 spiro atoms. The van der Waals surface area contributed by atoms with Crippen molar-refractivity contribution in [3.05, 3.63) is 76.6 Å². The quantitative estimate of drug-likeness (QED) is 0.546. The van der Waals surface area contributed by atoms with Gasteiger partial charge in [0.15, 0.2) is 5.75 Å². The zero-order valence-electron chi connectivity index (χ0n) is 11.4. The van der Waals surface area contributed by atoms with E-state index < -0.39 is 15.7 Å². The molecule has 0 amide bonds. The first-order chi connectivity index (χ1) is 10.5. The highest BCUT2D eigenvalue weighted by molar-refractivity contribution is 7.86. The van der Waals surface area contributed by atoms with Crippen molar-refractivity contribution < 1.29 is 17.0 Å². The maximum Gasteiger partial charge on any atom is 0.340 e. The van der Waals surface area contributed by atoms with Gasteiger partial charge in [-0.15, -0.1) is 0 Å². The molecule has 1 heterocycles. The fourth-order valence-electron chi connectivity index (χ4n) is 2.10. The summed E-state index contributed by atoms with van der Waals surface area (Å²) in [6.07, 6.45) is 0. The number of rotatable bonds is 4. The minimum Gasteiger partial charge on any atom is -0.422 e. The molecule has 0 saturated carbocycles. The minimum atomic E-state index is -3.88. The third-order valence-corrected chi connectivity index (χ3v) is 4.14. The van der Waals surface area contributed by atoms with Gasteiger partial charge in [-0.1, -0.05) is 42.5 Å². The van der Waals surface area contributed by atoms with Gasteiger partial charge in [0.25, 0.3) is 0 Å². The zero-order chi connectivity index (χ0) is 15.6. The molecule has 0 aliphatic carbocycles. The van der Waals surface area contributed by atoms with Crippen LogP contribution in [0.5, 0.6) is 5.75 Å². The highest BCUT2D eigenvalue weighted by atomic mass is 32.2. The topological polar surface area (TPSA) is 73.6 Å². The Labute approximate surface area is 126 Å². The summed E-state index contributed by atoms with van der Waals surface area (Å²) in [5.41, 5.74) is 0.221. The molecule has 0 bridgehead atoms. The number of fused-ring (bicyclic) bond motifs is 1. The Bertz CT molecular complexity index is 958. The largest absolute Gasteiger partial charge is 0.422 e. The normalized spacial score (nSPS) is 11.5. The molecule has 0 fully saturated rings. The molecule has 22 heavy (non-hydrogen) atoms. The molecule has 0 aliphatic heterocycles. The van der Waals surface area contributed by atoms with Crippen LogP contribution < -0.4 is 9.81 Å². The number of hydrogen-bond donors (Lipinski definition) is 0. The summed E-state index contributed by atoms with van der Waals surface area (Å²) in [6, 6.07) is 16.3. The van der Waals surface area contributed by atoms with E-state index >= 15 is 0 Å². The SMILES string of the molecule is O=c1cc(OS(=O)(=O)Cc2ccccc2)c2ccccc2o1. The Balaban J connectivity index is 1.97. The zero-order valence-corrected chi connectivity index (χ0v) is 12.2. The molecule has 0 saturated heterocycles. The van der Waals surface area contributed by atoms with E-state index in [9.17, 15) is 13.2 Å². The maximum atomic E-state index is 12.2. The average molecular weight is 316 g/mol. The first-order valence-electron chi connectivity index (χ1n) is 6.52. The minimum absolute atomic E-state index is 0.0252. The second-order valence-corrected chi connectivity index (χ2v) is 6.27. The van der Waals surface area contributed by atoms with Gasteiger partial charge in [-0.25, -0.2) is 4.79 Å². The van der Waals surface area contributed by atoms with E-state index in [0.29, 0.717) is 10.9 Å². The summed E-state index contributed by atoms with van der Waals surface area (Å²) >= 11 is 0. The van der Waals surface area contributed by atoms with Crippen molar-refractivity contribution >= 4 is 21.1 Å². The lowest BCUT2D eigenvalue weighted by Crippen LogP contribution is -2.13. The molecule has 1 aromatic heterocycles. The van der Waals surface area contributed by atoms with E-state index in [4.69, 9.17) is 8.60 Å². The van der Waals surface area contributed by atoms with Gasteiger partial charge >= 0.3 is 15.7 Å². The van der Waals surface area contributed by atoms with Crippen LogP contribution in [0.2, 0.25) is 0 Å². The molecular weight excluding hydrogens is 304 g/mol. The molecule has 0 unspecified atom stereocenters. The standard InChI is InChI=1S/C16H12O5S/c17-16-10-15(13-8-4-5-9-14(13)20-16)21-22(18,19)11-12-6-2-1-3-7-12/h1-10H,11H2. The van der Waals surface area contributed by atoms with Crippen LogP contribution in [0.3, 0.4) is 0 Å². The number of benzene rings is 2. The van der Waals surface area contributed by atoms with E-state index in [1.54, 1.807) is 54.6 Å². The molecule has 0 radical (unpaired) electrons. The van der Waals surface area contributed by atoms with Crippen LogP contribution in [-0.4, -0.2) is 8.42 Å². The van der Waals surface area contributed by atoms with Gasteiger partial charge in [0.2, 0.25) is 0 Å². The smallest absolute Gasteiger partial charge is 0.340 e. The summed E-state index contributed by atoms with van der Waals surface area (Å²) in [5, 5.41) is 0.429. The third kappa shape index (κ3) is 3.17. The highest BCUT2D eigenvalue weighted by Crippen LogP contribution is 2.25. The van der Waals surface area contributed by atoms with Crippen LogP contribution in [0.15, 0.2) is 69.9 Å². The molecule has 0 N–H and O–H groups in total. The monoisotopic (exact) mass is 316 g/mol. The van der Waals surface area contributed by atoms with Gasteiger partial charge in [0.1, 0.15) is 11.3 Å². The Kier molecular flexibility index (Phi) is 3.68. The van der Waals surface area contributed by atoms with Gasteiger partial charge in [0.05, 0.1) is 11.5 Å². The van der Waals surface area contributed by atoms with Crippen molar-refractivity contribution in [2.45, 2.75) is 5.75 Å². The second kappa shape index (κ2) is 5.65. The Morgan fingerprint density at radius 1 is 0.955 bits per heavy atom. The van der Waals surface area contributed by atoms with Crippen LogP contribution >= 0.6 is 0 Å². The van der Waals surface area contributed by atoms with Crippen molar-refractivity contribution in [3.8, 4) is 5.75 Å². The average Bonchev–Trinajstić information content (AvgIpc) is 2.47. The molecule has 5 nitrogen and oxygen atoms in total. The summed E-state index contributed by atoms with van der Waals surface area (Å²) in [6.45, 7) is 0. The van der Waals surface area contributed by atoms with Gasteiger partial charge in [0, 0.05) is 0 Å². The summed E-state index contributed by atoms with van der Waals surface area (Å²) < 4.78 is 34.5. The van der Waals surface area contributed by atoms with Crippen molar-refractivity contribution in [1.82, 2.24) is 0 Å². The lowest BCUT2D eigenvalue weighted by molar-refractivity contribution is 0.481. The molecule has 0 atom stereocenters. The molecule has 2 aromatic carbocycles. The lowest BCUT2D eigenvalue weighted by atomic mass is 10.2. The Morgan fingerprint density at radius 2 is 1.64 bits per heavy atom. The van der Waals surface area contributed by atoms with Gasteiger partial charge in [-0.3, -0.25) is 0 Å². The summed E-state index contributed by atoms with van der Waals surface area (Å²) in [7, 11) is -3.88. The predicted molar refractivity (Wildman–Crippen MR) is 82.2 cm³/mol. The molecule has 3 rings (SSSR count). The van der Waals surface area contributed by atoms with Crippen molar-refractivity contribution in [2.75, 3.05) is 0 Å². The van der Waals surface area contributed by atoms with Gasteiger partial charge < -0.3 is 8.60 Å². The second-order valence-electron chi connectivity index (χ2n) is 4.70. The first kappa shape index (κ1) is 14.3. The predicted octanol–water partition coefficient (Wildman–Crippen LogP) is 2.70. The van der Waals surface area contributed by atoms with Crippen LogP contribution in [0.1, 0.15) is 5.56 Å². The van der Waals surface area contributed by atoms with Crippen molar-refractivity contribution in [3.63, 3.8) is 0 Å². The van der Waals surface area contributed by atoms with E-state index in [1.807, 2.05) is 0 Å². The maximum absolute atomic E-state index is 12.2. The lowest BCUT2D eigenvalue weighted by Gasteiger charge is -2.08. The van der Waals surface area contributed by atoms with Crippen LogP contribution in [0.25, 0.3) is 11.0 Å². The van der Waals surface area contributed by atoms with Gasteiger partial charge in [-0.05, 0) is 17.7 Å². The van der Waals surface area contributed by atoms with Crippen molar-refractivity contribution in [2.24, 2.45) is 0 Å².